The molecule has 0 amide bonds. The molecule has 3 rings (SSSR count). The van der Waals surface area contributed by atoms with Crippen LogP contribution in [0.2, 0.25) is 0 Å². The summed E-state index contributed by atoms with van der Waals surface area (Å²) in [7, 11) is -3.57. The SMILES string of the molecule is Cc1ccc(S(=O)(=O)N2Cc3cccc(F)c3C2)cc1. The van der Waals surface area contributed by atoms with E-state index in [4.69, 9.17) is 0 Å². The van der Waals surface area contributed by atoms with Crippen LogP contribution in [0.3, 0.4) is 0 Å². The van der Waals surface area contributed by atoms with Crippen LogP contribution in [0.1, 0.15) is 16.7 Å². The molecule has 2 aromatic rings. The minimum absolute atomic E-state index is 0.0955. The zero-order valence-corrected chi connectivity index (χ0v) is 11.8. The van der Waals surface area contributed by atoms with Gasteiger partial charge >= 0.3 is 0 Å². The summed E-state index contributed by atoms with van der Waals surface area (Å²) in [6.07, 6.45) is 0. The second-order valence-electron chi connectivity index (χ2n) is 4.96. The second kappa shape index (κ2) is 4.68. The van der Waals surface area contributed by atoms with E-state index in [-0.39, 0.29) is 23.8 Å². The molecule has 0 atom stereocenters. The van der Waals surface area contributed by atoms with Gasteiger partial charge in [0, 0.05) is 18.7 Å². The Hall–Kier alpha value is -1.72. The number of hydrogen-bond acceptors (Lipinski definition) is 2. The van der Waals surface area contributed by atoms with Crippen LogP contribution in [-0.2, 0) is 23.1 Å². The van der Waals surface area contributed by atoms with E-state index in [1.807, 2.05) is 6.92 Å². The summed E-state index contributed by atoms with van der Waals surface area (Å²) >= 11 is 0. The second-order valence-corrected chi connectivity index (χ2v) is 6.90. The number of benzene rings is 2. The van der Waals surface area contributed by atoms with Gasteiger partial charge in [0.2, 0.25) is 10.0 Å². The Bertz CT molecular complexity index is 754. The third-order valence-corrected chi connectivity index (χ3v) is 5.36. The minimum atomic E-state index is -3.57. The molecular formula is C15H14FNO2S. The van der Waals surface area contributed by atoms with E-state index in [0.29, 0.717) is 5.56 Å². The van der Waals surface area contributed by atoms with Gasteiger partial charge in [0.05, 0.1) is 4.90 Å². The van der Waals surface area contributed by atoms with Gasteiger partial charge in [0.15, 0.2) is 0 Å². The van der Waals surface area contributed by atoms with Crippen LogP contribution in [0.25, 0.3) is 0 Å². The Morgan fingerprint density at radius 1 is 1.05 bits per heavy atom. The van der Waals surface area contributed by atoms with E-state index < -0.39 is 10.0 Å². The number of sulfonamides is 1. The number of aryl methyl sites for hydroxylation is 1. The standard InChI is InChI=1S/C15H14FNO2S/c1-11-5-7-13(8-6-11)20(18,19)17-9-12-3-2-4-15(16)14(12)10-17/h2-8H,9-10H2,1H3. The lowest BCUT2D eigenvalue weighted by atomic mass is 10.1. The van der Waals surface area contributed by atoms with Crippen LogP contribution in [0.15, 0.2) is 47.4 Å². The molecule has 0 N–H and O–H groups in total. The van der Waals surface area contributed by atoms with Crippen molar-refractivity contribution in [2.75, 3.05) is 0 Å². The van der Waals surface area contributed by atoms with Crippen LogP contribution in [0.5, 0.6) is 0 Å². The fraction of sp³-hybridized carbons (Fsp3) is 0.200. The zero-order valence-electron chi connectivity index (χ0n) is 11.0. The smallest absolute Gasteiger partial charge is 0.207 e. The van der Waals surface area contributed by atoms with Crippen molar-refractivity contribution in [2.24, 2.45) is 0 Å². The van der Waals surface area contributed by atoms with Gasteiger partial charge < -0.3 is 0 Å². The van der Waals surface area contributed by atoms with E-state index in [9.17, 15) is 12.8 Å². The van der Waals surface area contributed by atoms with Gasteiger partial charge in [-0.05, 0) is 30.7 Å². The maximum atomic E-state index is 13.7. The number of halogens is 1. The topological polar surface area (TPSA) is 37.4 Å². The molecule has 5 heteroatoms. The highest BCUT2D eigenvalue weighted by Crippen LogP contribution is 2.30. The Morgan fingerprint density at radius 3 is 2.40 bits per heavy atom. The van der Waals surface area contributed by atoms with Gasteiger partial charge in [-0.1, -0.05) is 29.8 Å². The van der Waals surface area contributed by atoms with E-state index >= 15 is 0 Å². The summed E-state index contributed by atoms with van der Waals surface area (Å²) in [5, 5.41) is 0. The maximum Gasteiger partial charge on any atom is 0.243 e. The Labute approximate surface area is 117 Å². The first-order valence-corrected chi connectivity index (χ1v) is 7.75. The van der Waals surface area contributed by atoms with Gasteiger partial charge in [-0.15, -0.1) is 0 Å². The molecule has 20 heavy (non-hydrogen) atoms. The maximum absolute atomic E-state index is 13.7. The van der Waals surface area contributed by atoms with E-state index in [2.05, 4.69) is 0 Å². The summed E-state index contributed by atoms with van der Waals surface area (Å²) in [6, 6.07) is 11.4. The third kappa shape index (κ3) is 2.13. The van der Waals surface area contributed by atoms with Crippen LogP contribution < -0.4 is 0 Å². The van der Waals surface area contributed by atoms with Crippen molar-refractivity contribution in [3.8, 4) is 0 Å². The number of rotatable bonds is 2. The summed E-state index contributed by atoms with van der Waals surface area (Å²) in [4.78, 5) is 0.247. The summed E-state index contributed by atoms with van der Waals surface area (Å²) in [5.74, 6) is -0.343. The zero-order chi connectivity index (χ0) is 14.3. The van der Waals surface area contributed by atoms with E-state index in [0.717, 1.165) is 11.1 Å². The average molecular weight is 291 g/mol. The van der Waals surface area contributed by atoms with Crippen molar-refractivity contribution in [1.82, 2.24) is 4.31 Å². The molecule has 0 bridgehead atoms. The molecule has 0 radical (unpaired) electrons. The van der Waals surface area contributed by atoms with Crippen molar-refractivity contribution in [1.29, 1.82) is 0 Å². The van der Waals surface area contributed by atoms with E-state index in [1.165, 1.54) is 10.4 Å². The first-order chi connectivity index (χ1) is 9.48. The highest BCUT2D eigenvalue weighted by molar-refractivity contribution is 7.89. The van der Waals surface area contributed by atoms with Gasteiger partial charge in [-0.2, -0.15) is 4.31 Å². The van der Waals surface area contributed by atoms with Gasteiger partial charge in [-0.25, -0.2) is 12.8 Å². The van der Waals surface area contributed by atoms with Crippen LogP contribution >= 0.6 is 0 Å². The highest BCUT2D eigenvalue weighted by atomic mass is 32.2. The molecule has 0 saturated heterocycles. The summed E-state index contributed by atoms with van der Waals surface area (Å²) in [5.41, 5.74) is 2.21. The molecule has 0 saturated carbocycles. The molecule has 3 nitrogen and oxygen atoms in total. The molecule has 0 fully saturated rings. The van der Waals surface area contributed by atoms with Crippen molar-refractivity contribution in [3.05, 3.63) is 65.0 Å². The largest absolute Gasteiger partial charge is 0.243 e. The third-order valence-electron chi connectivity index (χ3n) is 3.56. The monoisotopic (exact) mass is 291 g/mol. The Kier molecular flexibility index (Phi) is 3.11. The van der Waals surface area contributed by atoms with Crippen molar-refractivity contribution in [3.63, 3.8) is 0 Å². The quantitative estimate of drug-likeness (QED) is 0.853. The predicted molar refractivity (Wildman–Crippen MR) is 74.0 cm³/mol. The molecule has 1 aliphatic rings. The molecular weight excluding hydrogens is 277 g/mol. The lowest BCUT2D eigenvalue weighted by Gasteiger charge is -2.15. The highest BCUT2D eigenvalue weighted by Gasteiger charge is 2.31. The first kappa shape index (κ1) is 13.3. The van der Waals surface area contributed by atoms with Gasteiger partial charge in [0.1, 0.15) is 5.82 Å². The molecule has 1 heterocycles. The first-order valence-electron chi connectivity index (χ1n) is 6.31. The predicted octanol–water partition coefficient (Wildman–Crippen LogP) is 2.84. The van der Waals surface area contributed by atoms with Crippen LogP contribution in [0.4, 0.5) is 4.39 Å². The van der Waals surface area contributed by atoms with Gasteiger partial charge in [0.25, 0.3) is 0 Å². The molecule has 0 aromatic heterocycles. The molecule has 0 unspecified atom stereocenters. The molecule has 0 spiro atoms. The Balaban J connectivity index is 1.96. The van der Waals surface area contributed by atoms with Crippen LogP contribution in [0, 0.1) is 12.7 Å². The van der Waals surface area contributed by atoms with Crippen molar-refractivity contribution in [2.45, 2.75) is 24.9 Å². The average Bonchev–Trinajstić information content (AvgIpc) is 2.85. The summed E-state index contributed by atoms with van der Waals surface area (Å²) in [6.45, 7) is 2.22. The van der Waals surface area contributed by atoms with Crippen molar-refractivity contribution < 1.29 is 12.8 Å². The molecule has 2 aromatic carbocycles. The van der Waals surface area contributed by atoms with Crippen LogP contribution in [-0.4, -0.2) is 12.7 Å². The normalized spacial score (nSPS) is 15.3. The fourth-order valence-electron chi connectivity index (χ4n) is 2.38. The molecule has 104 valence electrons. The molecule has 1 aliphatic heterocycles. The lowest BCUT2D eigenvalue weighted by molar-refractivity contribution is 0.428. The number of hydrogen-bond donors (Lipinski definition) is 0. The molecule has 0 aliphatic carbocycles. The Morgan fingerprint density at radius 2 is 1.75 bits per heavy atom. The number of fused-ring (bicyclic) bond motifs is 1. The minimum Gasteiger partial charge on any atom is -0.207 e. The summed E-state index contributed by atoms with van der Waals surface area (Å²) < 4.78 is 40.1. The van der Waals surface area contributed by atoms with E-state index in [1.54, 1.807) is 36.4 Å². The number of nitrogens with zero attached hydrogens (tertiary/aromatic N) is 1. The lowest BCUT2D eigenvalue weighted by Crippen LogP contribution is -2.25. The van der Waals surface area contributed by atoms with Gasteiger partial charge in [-0.3, -0.25) is 0 Å². The van der Waals surface area contributed by atoms with Crippen molar-refractivity contribution >= 4 is 10.0 Å². The fourth-order valence-corrected chi connectivity index (χ4v) is 3.77.